The van der Waals surface area contributed by atoms with Crippen LogP contribution in [-0.2, 0) is 0 Å². The van der Waals surface area contributed by atoms with Crippen molar-refractivity contribution in [3.63, 3.8) is 0 Å². The second kappa shape index (κ2) is 3.11. The van der Waals surface area contributed by atoms with Crippen LogP contribution in [0.15, 0.2) is 0 Å². The van der Waals surface area contributed by atoms with Gasteiger partial charge in [-0.2, -0.15) is 0 Å². The molecule has 0 amide bonds. The Hall–Kier alpha value is -0.0800. The fourth-order valence-electron chi connectivity index (χ4n) is 1.99. The third kappa shape index (κ3) is 1.30. The van der Waals surface area contributed by atoms with E-state index in [9.17, 15) is 0 Å². The molecule has 0 aliphatic carbocycles. The highest BCUT2D eigenvalue weighted by molar-refractivity contribution is 4.89. The lowest BCUT2D eigenvalue weighted by Gasteiger charge is -2.38. The first-order valence-electron chi connectivity index (χ1n) is 4.61. The van der Waals surface area contributed by atoms with Gasteiger partial charge in [0.15, 0.2) is 0 Å². The van der Waals surface area contributed by atoms with Gasteiger partial charge in [-0.15, -0.1) is 0 Å². The van der Waals surface area contributed by atoms with Gasteiger partial charge >= 0.3 is 0 Å². The minimum Gasteiger partial charge on any atom is -0.287 e. The summed E-state index contributed by atoms with van der Waals surface area (Å²) >= 11 is 0. The van der Waals surface area contributed by atoms with Gasteiger partial charge in [-0.05, 0) is 26.9 Å². The molecule has 2 nitrogen and oxygen atoms in total. The first-order chi connectivity index (χ1) is 5.15. The van der Waals surface area contributed by atoms with E-state index in [0.29, 0.717) is 5.66 Å². The van der Waals surface area contributed by atoms with E-state index in [2.05, 4.69) is 37.6 Å². The Morgan fingerprint density at radius 2 is 1.91 bits per heavy atom. The maximum Gasteiger partial charge on any atom is 0.0704 e. The Balaban J connectivity index is 2.70. The number of hydrogen-bond donors (Lipinski definition) is 0. The molecule has 0 bridgehead atoms. The van der Waals surface area contributed by atoms with Crippen LogP contribution in [0.2, 0.25) is 0 Å². The summed E-state index contributed by atoms with van der Waals surface area (Å²) in [6.07, 6.45) is 1.22. The first-order valence-corrected chi connectivity index (χ1v) is 4.61. The van der Waals surface area contributed by atoms with Crippen molar-refractivity contribution in [3.05, 3.63) is 0 Å². The van der Waals surface area contributed by atoms with Crippen molar-refractivity contribution >= 4 is 0 Å². The molecule has 1 aliphatic rings. The second-order valence-corrected chi connectivity index (χ2v) is 3.57. The van der Waals surface area contributed by atoms with E-state index in [0.717, 1.165) is 0 Å². The van der Waals surface area contributed by atoms with E-state index < -0.39 is 0 Å². The first kappa shape index (κ1) is 9.01. The number of likely N-dealkylation sites (N-methyl/N-ethyl adjacent to an activating group) is 2. The topological polar surface area (TPSA) is 6.48 Å². The van der Waals surface area contributed by atoms with Gasteiger partial charge in [0, 0.05) is 13.1 Å². The molecule has 0 saturated carbocycles. The Labute approximate surface area is 70.2 Å². The second-order valence-electron chi connectivity index (χ2n) is 3.57. The monoisotopic (exact) mass is 156 g/mol. The minimum atomic E-state index is 0.328. The SMILES string of the molecule is CCN1CCN(C)C1(C)CC. The van der Waals surface area contributed by atoms with Crippen molar-refractivity contribution in [2.24, 2.45) is 0 Å². The summed E-state index contributed by atoms with van der Waals surface area (Å²) in [5.74, 6) is 0. The lowest BCUT2D eigenvalue weighted by Crippen LogP contribution is -2.48. The lowest BCUT2D eigenvalue weighted by molar-refractivity contribution is 0.0485. The molecule has 0 radical (unpaired) electrons. The fourth-order valence-corrected chi connectivity index (χ4v) is 1.99. The summed E-state index contributed by atoms with van der Waals surface area (Å²) < 4.78 is 0. The molecule has 1 heterocycles. The van der Waals surface area contributed by atoms with Gasteiger partial charge in [0.1, 0.15) is 0 Å². The minimum absolute atomic E-state index is 0.328. The van der Waals surface area contributed by atoms with Gasteiger partial charge in [0.05, 0.1) is 5.66 Å². The third-order valence-corrected chi connectivity index (χ3v) is 3.26. The average molecular weight is 156 g/mol. The Bertz CT molecular complexity index is 136. The van der Waals surface area contributed by atoms with Crippen molar-refractivity contribution in [3.8, 4) is 0 Å². The smallest absolute Gasteiger partial charge is 0.0704 e. The van der Waals surface area contributed by atoms with Crippen LogP contribution in [0.4, 0.5) is 0 Å². The highest BCUT2D eigenvalue weighted by atomic mass is 15.4. The molecule has 0 aromatic rings. The van der Waals surface area contributed by atoms with Gasteiger partial charge in [-0.3, -0.25) is 9.80 Å². The van der Waals surface area contributed by atoms with Gasteiger partial charge in [-0.25, -0.2) is 0 Å². The van der Waals surface area contributed by atoms with E-state index in [4.69, 9.17) is 0 Å². The molecule has 0 aromatic carbocycles. The van der Waals surface area contributed by atoms with Crippen molar-refractivity contribution in [2.45, 2.75) is 32.9 Å². The number of rotatable bonds is 2. The zero-order valence-corrected chi connectivity index (χ0v) is 8.22. The van der Waals surface area contributed by atoms with E-state index in [-0.39, 0.29) is 0 Å². The van der Waals surface area contributed by atoms with Crippen LogP contribution in [0, 0.1) is 0 Å². The van der Waals surface area contributed by atoms with Gasteiger partial charge in [-0.1, -0.05) is 13.8 Å². The summed E-state index contributed by atoms with van der Waals surface area (Å²) in [6.45, 7) is 10.5. The quantitative estimate of drug-likeness (QED) is 0.596. The number of nitrogens with zero attached hydrogens (tertiary/aromatic N) is 2. The van der Waals surface area contributed by atoms with Crippen molar-refractivity contribution in [2.75, 3.05) is 26.7 Å². The summed E-state index contributed by atoms with van der Waals surface area (Å²) in [5, 5.41) is 0. The molecule has 1 saturated heterocycles. The molecule has 1 aliphatic heterocycles. The summed E-state index contributed by atoms with van der Waals surface area (Å²) in [5.41, 5.74) is 0.328. The van der Waals surface area contributed by atoms with Crippen LogP contribution >= 0.6 is 0 Å². The normalized spacial score (nSPS) is 34.9. The van der Waals surface area contributed by atoms with E-state index >= 15 is 0 Å². The molecule has 1 unspecified atom stereocenters. The van der Waals surface area contributed by atoms with Gasteiger partial charge in [0.2, 0.25) is 0 Å². The highest BCUT2D eigenvalue weighted by Gasteiger charge is 2.37. The summed E-state index contributed by atoms with van der Waals surface area (Å²) in [4.78, 5) is 5.00. The predicted molar refractivity (Wildman–Crippen MR) is 48.6 cm³/mol. The van der Waals surface area contributed by atoms with Gasteiger partial charge in [0.25, 0.3) is 0 Å². The fraction of sp³-hybridized carbons (Fsp3) is 1.00. The molecule has 0 aromatic heterocycles. The molecule has 66 valence electrons. The van der Waals surface area contributed by atoms with Gasteiger partial charge < -0.3 is 0 Å². The maximum atomic E-state index is 2.55. The molecule has 0 spiro atoms. The Morgan fingerprint density at radius 1 is 1.27 bits per heavy atom. The van der Waals surface area contributed by atoms with Crippen LogP contribution in [-0.4, -0.2) is 42.1 Å². The van der Waals surface area contributed by atoms with Crippen molar-refractivity contribution in [1.82, 2.24) is 9.80 Å². The zero-order chi connectivity index (χ0) is 8.48. The molecule has 1 fully saturated rings. The van der Waals surface area contributed by atoms with Crippen molar-refractivity contribution < 1.29 is 0 Å². The predicted octanol–water partition coefficient (Wildman–Crippen LogP) is 1.38. The van der Waals surface area contributed by atoms with Crippen LogP contribution in [0.5, 0.6) is 0 Å². The third-order valence-electron chi connectivity index (χ3n) is 3.26. The molecular weight excluding hydrogens is 136 g/mol. The molecule has 11 heavy (non-hydrogen) atoms. The van der Waals surface area contributed by atoms with Crippen LogP contribution < -0.4 is 0 Å². The van der Waals surface area contributed by atoms with Crippen LogP contribution in [0.3, 0.4) is 0 Å². The molecule has 1 atom stereocenters. The van der Waals surface area contributed by atoms with Crippen LogP contribution in [0.1, 0.15) is 27.2 Å². The molecule has 1 rings (SSSR count). The van der Waals surface area contributed by atoms with Crippen LogP contribution in [0.25, 0.3) is 0 Å². The van der Waals surface area contributed by atoms with Crippen molar-refractivity contribution in [1.29, 1.82) is 0 Å². The van der Waals surface area contributed by atoms with E-state index in [1.165, 1.54) is 26.1 Å². The summed E-state index contributed by atoms with van der Waals surface area (Å²) in [6, 6.07) is 0. The lowest BCUT2D eigenvalue weighted by atomic mass is 10.1. The largest absolute Gasteiger partial charge is 0.287 e. The number of hydrogen-bond acceptors (Lipinski definition) is 2. The zero-order valence-electron chi connectivity index (χ0n) is 8.22. The molecular formula is C9H20N2. The highest BCUT2D eigenvalue weighted by Crippen LogP contribution is 2.27. The molecule has 2 heteroatoms. The average Bonchev–Trinajstić information content (AvgIpc) is 2.30. The summed E-state index contributed by atoms with van der Waals surface area (Å²) in [7, 11) is 2.22. The Kier molecular flexibility index (Phi) is 2.55. The Morgan fingerprint density at radius 3 is 2.27 bits per heavy atom. The maximum absolute atomic E-state index is 2.55. The van der Waals surface area contributed by atoms with E-state index in [1.54, 1.807) is 0 Å². The van der Waals surface area contributed by atoms with E-state index in [1.807, 2.05) is 0 Å². The molecule has 0 N–H and O–H groups in total. The standard InChI is InChI=1S/C9H20N2/c1-5-9(3)10(4)7-8-11(9)6-2/h5-8H2,1-4H3.